The number of hydroxylamine groups is 1. The number of hydrogen-bond donors (Lipinski definition) is 3. The van der Waals surface area contributed by atoms with E-state index in [0.29, 0.717) is 12.3 Å². The minimum Gasteiger partial charge on any atom is -0.338 e. The summed E-state index contributed by atoms with van der Waals surface area (Å²) in [5.74, 6) is -1.61. The van der Waals surface area contributed by atoms with Gasteiger partial charge in [0.1, 0.15) is 0 Å². The average Bonchev–Trinajstić information content (AvgIpc) is 3.34. The van der Waals surface area contributed by atoms with E-state index in [1.807, 2.05) is 18.6 Å². The number of benzene rings is 1. The third kappa shape index (κ3) is 7.60. The van der Waals surface area contributed by atoms with Crippen molar-refractivity contribution in [1.29, 1.82) is 0 Å². The Labute approximate surface area is 205 Å². The third-order valence-electron chi connectivity index (χ3n) is 6.52. The standard InChI is InChI=1S/C24H34N4O6S/c1-16(2)18-11-13-20(14-12-18)35(32,33)28-23(30)22-25-24(34-27-22)19(15-21(29)26-31)10-6-9-17-7-4-3-5-8-17/h11-14,16-17,19,31H,3-10,15H2,1-2H3,(H,26,29)(H,28,30)/t19-/m0/s1. The van der Waals surface area contributed by atoms with Crippen molar-refractivity contribution in [2.75, 3.05) is 0 Å². The van der Waals surface area contributed by atoms with Crippen LogP contribution in [0.25, 0.3) is 0 Å². The van der Waals surface area contributed by atoms with Crippen LogP contribution in [0.4, 0.5) is 0 Å². The number of aromatic nitrogens is 2. The van der Waals surface area contributed by atoms with Crippen LogP contribution < -0.4 is 10.2 Å². The molecule has 2 aromatic rings. The van der Waals surface area contributed by atoms with E-state index < -0.39 is 33.6 Å². The van der Waals surface area contributed by atoms with Crippen LogP contribution in [0.2, 0.25) is 0 Å². The van der Waals surface area contributed by atoms with Crippen molar-refractivity contribution >= 4 is 21.8 Å². The van der Waals surface area contributed by atoms with Crippen molar-refractivity contribution in [3.8, 4) is 0 Å². The van der Waals surface area contributed by atoms with Crippen molar-refractivity contribution in [2.24, 2.45) is 5.92 Å². The van der Waals surface area contributed by atoms with Gasteiger partial charge in [-0.3, -0.25) is 14.8 Å². The fourth-order valence-electron chi connectivity index (χ4n) is 4.46. The SMILES string of the molecule is CC(C)c1ccc(S(=O)(=O)NC(=O)c2noc([C@@H](CCCC3CCCCC3)CC(=O)NO)n2)cc1. The highest BCUT2D eigenvalue weighted by Crippen LogP contribution is 2.31. The molecule has 3 rings (SSSR count). The minimum absolute atomic E-state index is 0.0563. The van der Waals surface area contributed by atoms with E-state index in [1.165, 1.54) is 44.2 Å². The maximum absolute atomic E-state index is 12.6. The van der Waals surface area contributed by atoms with Gasteiger partial charge >= 0.3 is 5.91 Å². The summed E-state index contributed by atoms with van der Waals surface area (Å²) in [6.07, 6.45) is 8.51. The van der Waals surface area contributed by atoms with Crippen LogP contribution in [0.5, 0.6) is 0 Å². The summed E-state index contributed by atoms with van der Waals surface area (Å²) in [4.78, 5) is 28.4. The molecule has 1 aliphatic rings. The van der Waals surface area contributed by atoms with E-state index in [9.17, 15) is 18.0 Å². The van der Waals surface area contributed by atoms with Gasteiger partial charge in [-0.15, -0.1) is 0 Å². The number of nitrogens with zero attached hydrogens (tertiary/aromatic N) is 2. The second-order valence-electron chi connectivity index (χ2n) is 9.49. The van der Waals surface area contributed by atoms with E-state index >= 15 is 0 Å². The molecule has 1 aromatic carbocycles. The number of sulfonamides is 1. The molecular weight excluding hydrogens is 472 g/mol. The minimum atomic E-state index is -4.13. The first kappa shape index (κ1) is 26.8. The van der Waals surface area contributed by atoms with E-state index in [1.54, 1.807) is 17.6 Å². The van der Waals surface area contributed by atoms with Crippen LogP contribution in [0.1, 0.15) is 106 Å². The predicted octanol–water partition coefficient (Wildman–Crippen LogP) is 4.04. The van der Waals surface area contributed by atoms with E-state index in [-0.39, 0.29) is 23.1 Å². The zero-order valence-electron chi connectivity index (χ0n) is 20.2. The average molecular weight is 507 g/mol. The van der Waals surface area contributed by atoms with Gasteiger partial charge in [0.05, 0.1) is 4.90 Å². The molecule has 1 saturated carbocycles. The quantitative estimate of drug-likeness (QED) is 0.305. The Morgan fingerprint density at radius 3 is 2.46 bits per heavy atom. The summed E-state index contributed by atoms with van der Waals surface area (Å²) in [6, 6.07) is 6.26. The van der Waals surface area contributed by atoms with E-state index in [0.717, 1.165) is 18.4 Å². The van der Waals surface area contributed by atoms with Gasteiger partial charge in [0, 0.05) is 12.3 Å². The molecule has 0 spiro atoms. The molecule has 0 saturated heterocycles. The molecule has 0 bridgehead atoms. The topological polar surface area (TPSA) is 151 Å². The lowest BCUT2D eigenvalue weighted by atomic mass is 9.84. The van der Waals surface area contributed by atoms with Crippen LogP contribution in [0.3, 0.4) is 0 Å². The maximum atomic E-state index is 12.6. The first-order valence-electron chi connectivity index (χ1n) is 12.1. The summed E-state index contributed by atoms with van der Waals surface area (Å²) in [7, 11) is -4.13. The molecular formula is C24H34N4O6S. The van der Waals surface area contributed by atoms with Crippen molar-refractivity contribution in [1.82, 2.24) is 20.3 Å². The molecule has 0 unspecified atom stereocenters. The Bertz CT molecular complexity index is 1090. The smallest absolute Gasteiger partial charge is 0.306 e. The molecule has 0 aliphatic heterocycles. The van der Waals surface area contributed by atoms with Crippen LogP contribution in [0, 0.1) is 5.92 Å². The first-order chi connectivity index (χ1) is 16.7. The number of nitrogens with one attached hydrogen (secondary N) is 2. The van der Waals surface area contributed by atoms with Gasteiger partial charge in [-0.2, -0.15) is 4.98 Å². The highest BCUT2D eigenvalue weighted by molar-refractivity contribution is 7.90. The Kier molecular flexibility index (Phi) is 9.39. The van der Waals surface area contributed by atoms with Gasteiger partial charge in [-0.1, -0.05) is 76.1 Å². The summed E-state index contributed by atoms with van der Waals surface area (Å²) < 4.78 is 32.4. The number of amides is 2. The van der Waals surface area contributed by atoms with E-state index in [4.69, 9.17) is 9.73 Å². The zero-order valence-corrected chi connectivity index (χ0v) is 21.0. The van der Waals surface area contributed by atoms with Crippen molar-refractivity contribution in [2.45, 2.75) is 88.4 Å². The number of hydrogen-bond acceptors (Lipinski definition) is 8. The van der Waals surface area contributed by atoms with Gasteiger partial charge in [0.2, 0.25) is 11.8 Å². The van der Waals surface area contributed by atoms with Crippen LogP contribution in [-0.2, 0) is 14.8 Å². The lowest BCUT2D eigenvalue weighted by Crippen LogP contribution is -2.31. The first-order valence-corrected chi connectivity index (χ1v) is 13.6. The van der Waals surface area contributed by atoms with Crippen LogP contribution >= 0.6 is 0 Å². The Balaban J connectivity index is 1.65. The van der Waals surface area contributed by atoms with Crippen molar-refractivity contribution in [3.63, 3.8) is 0 Å². The number of rotatable bonds is 11. The Hall–Kier alpha value is -2.79. The largest absolute Gasteiger partial charge is 0.338 e. The van der Waals surface area contributed by atoms with Crippen LogP contribution in [-0.4, -0.2) is 35.6 Å². The fourth-order valence-corrected chi connectivity index (χ4v) is 5.41. The second kappa shape index (κ2) is 12.3. The summed E-state index contributed by atoms with van der Waals surface area (Å²) in [5.41, 5.74) is 2.58. The molecule has 35 heavy (non-hydrogen) atoms. The van der Waals surface area contributed by atoms with Crippen molar-refractivity contribution in [3.05, 3.63) is 41.5 Å². The highest BCUT2D eigenvalue weighted by atomic mass is 32.2. The highest BCUT2D eigenvalue weighted by Gasteiger charge is 2.27. The number of carbonyl (C=O) groups excluding carboxylic acids is 2. The molecule has 1 heterocycles. The van der Waals surface area contributed by atoms with Gasteiger partial charge in [-0.05, 0) is 36.0 Å². The van der Waals surface area contributed by atoms with Gasteiger partial charge in [-0.25, -0.2) is 18.6 Å². The Morgan fingerprint density at radius 1 is 1.14 bits per heavy atom. The summed E-state index contributed by atoms with van der Waals surface area (Å²) >= 11 is 0. The summed E-state index contributed by atoms with van der Waals surface area (Å²) in [6.45, 7) is 3.99. The Morgan fingerprint density at radius 2 is 1.83 bits per heavy atom. The predicted molar refractivity (Wildman–Crippen MR) is 127 cm³/mol. The molecule has 1 aliphatic carbocycles. The molecule has 2 amide bonds. The maximum Gasteiger partial charge on any atom is 0.306 e. The normalized spacial score (nSPS) is 15.7. The molecule has 11 heteroatoms. The molecule has 0 radical (unpaired) electrons. The van der Waals surface area contributed by atoms with Crippen molar-refractivity contribution < 1.29 is 27.7 Å². The number of carbonyl (C=O) groups is 2. The van der Waals surface area contributed by atoms with Gasteiger partial charge < -0.3 is 4.52 Å². The van der Waals surface area contributed by atoms with Gasteiger partial charge in [0.25, 0.3) is 15.8 Å². The van der Waals surface area contributed by atoms with Crippen LogP contribution in [0.15, 0.2) is 33.7 Å². The fraction of sp³-hybridized carbons (Fsp3) is 0.583. The third-order valence-corrected chi connectivity index (χ3v) is 7.87. The molecule has 1 fully saturated rings. The van der Waals surface area contributed by atoms with E-state index in [2.05, 4.69) is 10.1 Å². The molecule has 3 N–H and O–H groups in total. The van der Waals surface area contributed by atoms with Gasteiger partial charge in [0.15, 0.2) is 0 Å². The molecule has 1 atom stereocenters. The molecule has 1 aromatic heterocycles. The summed E-state index contributed by atoms with van der Waals surface area (Å²) in [5, 5.41) is 12.6. The lowest BCUT2D eigenvalue weighted by molar-refractivity contribution is -0.129. The second-order valence-corrected chi connectivity index (χ2v) is 11.2. The lowest BCUT2D eigenvalue weighted by Gasteiger charge is -2.22. The zero-order chi connectivity index (χ0) is 25.4. The molecule has 10 nitrogen and oxygen atoms in total. The monoisotopic (exact) mass is 506 g/mol. The molecule has 192 valence electrons.